The van der Waals surface area contributed by atoms with Crippen molar-refractivity contribution in [2.45, 2.75) is 30.7 Å². The molecule has 0 unspecified atom stereocenters. The minimum atomic E-state index is -3.96. The van der Waals surface area contributed by atoms with Crippen molar-refractivity contribution in [2.24, 2.45) is 0 Å². The van der Waals surface area contributed by atoms with E-state index in [0.717, 1.165) is 5.56 Å². The summed E-state index contributed by atoms with van der Waals surface area (Å²) in [5.74, 6) is -0.859. The van der Waals surface area contributed by atoms with E-state index < -0.39 is 22.0 Å². The lowest BCUT2D eigenvalue weighted by Crippen LogP contribution is -2.44. The van der Waals surface area contributed by atoms with Gasteiger partial charge in [-0.25, -0.2) is 8.42 Å². The number of para-hydroxylation sites is 2. The van der Waals surface area contributed by atoms with Crippen molar-refractivity contribution >= 4 is 33.2 Å². The molecule has 0 spiro atoms. The van der Waals surface area contributed by atoms with E-state index in [2.05, 4.69) is 15.4 Å². The summed E-state index contributed by atoms with van der Waals surface area (Å²) in [5, 5.41) is 5.44. The van der Waals surface area contributed by atoms with Crippen LogP contribution in [0.25, 0.3) is 0 Å². The van der Waals surface area contributed by atoms with Crippen molar-refractivity contribution in [2.75, 3.05) is 10.6 Å². The molecule has 0 saturated carbocycles. The van der Waals surface area contributed by atoms with Gasteiger partial charge in [-0.05, 0) is 49.7 Å². The van der Waals surface area contributed by atoms with Gasteiger partial charge in [-0.15, -0.1) is 0 Å². The summed E-state index contributed by atoms with van der Waals surface area (Å²) in [7, 11) is -3.96. The van der Waals surface area contributed by atoms with E-state index in [-0.39, 0.29) is 23.6 Å². The van der Waals surface area contributed by atoms with Gasteiger partial charge in [0.2, 0.25) is 21.8 Å². The highest BCUT2D eigenvalue weighted by atomic mass is 32.2. The third-order valence-corrected chi connectivity index (χ3v) is 6.19. The third kappa shape index (κ3) is 6.76. The molecule has 0 aromatic heterocycles. The van der Waals surface area contributed by atoms with E-state index in [4.69, 9.17) is 0 Å². The zero-order chi connectivity index (χ0) is 23.0. The first-order valence-corrected chi connectivity index (χ1v) is 11.6. The van der Waals surface area contributed by atoms with Crippen LogP contribution >= 0.6 is 0 Å². The molecule has 0 aliphatic carbocycles. The number of hydrogen-bond acceptors (Lipinski definition) is 4. The van der Waals surface area contributed by atoms with Crippen LogP contribution in [0, 0.1) is 6.92 Å². The first-order valence-electron chi connectivity index (χ1n) is 10.1. The largest absolute Gasteiger partial charge is 0.326 e. The van der Waals surface area contributed by atoms with Crippen LogP contribution in [0.4, 0.5) is 11.4 Å². The summed E-state index contributed by atoms with van der Waals surface area (Å²) in [6, 6.07) is 22.8. The Bertz CT molecular complexity index is 1150. The molecule has 7 nitrogen and oxygen atoms in total. The zero-order valence-electron chi connectivity index (χ0n) is 17.6. The van der Waals surface area contributed by atoms with Gasteiger partial charge < -0.3 is 10.6 Å². The van der Waals surface area contributed by atoms with Gasteiger partial charge in [-0.3, -0.25) is 9.59 Å². The van der Waals surface area contributed by atoms with E-state index in [1.807, 2.05) is 13.0 Å². The summed E-state index contributed by atoms with van der Waals surface area (Å²) in [4.78, 5) is 25.3. The Kier molecular flexibility index (Phi) is 7.75. The number of sulfonamides is 1. The molecule has 0 aliphatic rings. The second-order valence-electron chi connectivity index (χ2n) is 7.30. The average molecular weight is 452 g/mol. The Morgan fingerprint density at radius 3 is 1.88 bits per heavy atom. The van der Waals surface area contributed by atoms with Crippen molar-refractivity contribution in [3.8, 4) is 0 Å². The minimum Gasteiger partial charge on any atom is -0.326 e. The highest BCUT2D eigenvalue weighted by molar-refractivity contribution is 7.89. The number of carbonyl (C=O) groups excluding carboxylic acids is 2. The molecule has 3 aromatic rings. The lowest BCUT2D eigenvalue weighted by atomic mass is 10.1. The van der Waals surface area contributed by atoms with E-state index in [0.29, 0.717) is 11.4 Å². The topological polar surface area (TPSA) is 104 Å². The molecule has 166 valence electrons. The molecule has 32 heavy (non-hydrogen) atoms. The number of carbonyl (C=O) groups is 2. The van der Waals surface area contributed by atoms with Gasteiger partial charge in [-0.1, -0.05) is 54.1 Å². The van der Waals surface area contributed by atoms with E-state index in [1.54, 1.807) is 66.7 Å². The molecule has 0 radical (unpaired) electrons. The average Bonchev–Trinajstić information content (AvgIpc) is 2.78. The highest BCUT2D eigenvalue weighted by Gasteiger charge is 2.26. The molecule has 3 aromatic carbocycles. The van der Waals surface area contributed by atoms with Crippen molar-refractivity contribution in [1.82, 2.24) is 4.72 Å². The van der Waals surface area contributed by atoms with Crippen LogP contribution in [0.1, 0.15) is 18.4 Å². The summed E-state index contributed by atoms with van der Waals surface area (Å²) in [6.45, 7) is 1.85. The van der Waals surface area contributed by atoms with Crippen molar-refractivity contribution in [1.29, 1.82) is 0 Å². The number of anilines is 2. The summed E-state index contributed by atoms with van der Waals surface area (Å²) in [6.07, 6.45) is -0.0549. The first-order chi connectivity index (χ1) is 15.3. The van der Waals surface area contributed by atoms with Crippen LogP contribution in [-0.4, -0.2) is 26.3 Å². The number of rotatable bonds is 9. The maximum atomic E-state index is 12.9. The van der Waals surface area contributed by atoms with Crippen LogP contribution in [0.15, 0.2) is 89.8 Å². The Labute approximate surface area is 187 Å². The number of hydrogen-bond donors (Lipinski definition) is 3. The fourth-order valence-corrected chi connectivity index (χ4v) is 4.22. The lowest BCUT2D eigenvalue weighted by molar-refractivity contribution is -0.118. The van der Waals surface area contributed by atoms with Gasteiger partial charge in [0.1, 0.15) is 6.04 Å². The van der Waals surface area contributed by atoms with Crippen LogP contribution in [0.5, 0.6) is 0 Å². The Morgan fingerprint density at radius 1 is 0.781 bits per heavy atom. The molecular weight excluding hydrogens is 426 g/mol. The number of benzene rings is 3. The molecule has 0 saturated heterocycles. The van der Waals surface area contributed by atoms with Crippen LogP contribution in [0.3, 0.4) is 0 Å². The molecule has 8 heteroatoms. The van der Waals surface area contributed by atoms with E-state index >= 15 is 0 Å². The van der Waals surface area contributed by atoms with Crippen LogP contribution in [-0.2, 0) is 19.6 Å². The fraction of sp³-hybridized carbons (Fsp3) is 0.167. The normalized spacial score (nSPS) is 12.0. The molecule has 2 amide bonds. The minimum absolute atomic E-state index is 0.0115. The fourth-order valence-electron chi connectivity index (χ4n) is 2.99. The number of amides is 2. The summed E-state index contributed by atoms with van der Waals surface area (Å²) in [5.41, 5.74) is 2.08. The predicted molar refractivity (Wildman–Crippen MR) is 125 cm³/mol. The van der Waals surface area contributed by atoms with Crippen LogP contribution < -0.4 is 15.4 Å². The Balaban J connectivity index is 1.73. The molecule has 0 fully saturated rings. The van der Waals surface area contributed by atoms with Gasteiger partial charge in [0.25, 0.3) is 0 Å². The number of nitrogens with one attached hydrogen (secondary N) is 3. The molecular formula is C24H25N3O4S. The first kappa shape index (κ1) is 23.2. The van der Waals surface area contributed by atoms with E-state index in [9.17, 15) is 18.0 Å². The second kappa shape index (κ2) is 10.7. The van der Waals surface area contributed by atoms with Crippen molar-refractivity contribution in [3.63, 3.8) is 0 Å². The molecule has 0 bridgehead atoms. The van der Waals surface area contributed by atoms with Gasteiger partial charge in [0.15, 0.2) is 0 Å². The molecule has 3 rings (SSSR count). The monoisotopic (exact) mass is 451 g/mol. The van der Waals surface area contributed by atoms with Crippen molar-refractivity contribution < 1.29 is 18.0 Å². The molecule has 1 atom stereocenters. The quantitative estimate of drug-likeness (QED) is 0.461. The van der Waals surface area contributed by atoms with Gasteiger partial charge in [0, 0.05) is 17.8 Å². The number of aryl methyl sites for hydroxylation is 1. The molecule has 0 heterocycles. The lowest BCUT2D eigenvalue weighted by Gasteiger charge is -2.19. The molecule has 3 N–H and O–H groups in total. The second-order valence-corrected chi connectivity index (χ2v) is 9.01. The van der Waals surface area contributed by atoms with Crippen molar-refractivity contribution in [3.05, 3.63) is 90.5 Å². The Hall–Kier alpha value is -3.49. The standard InChI is InChI=1S/C24H25N3O4S/c1-18-12-14-21(15-13-18)32(30,31)27-22(24(29)26-20-10-6-3-7-11-20)16-17-23(28)25-19-8-4-2-5-9-19/h2-15,22,27H,16-17H2,1H3,(H,25,28)(H,26,29)/t22-/m0/s1. The highest BCUT2D eigenvalue weighted by Crippen LogP contribution is 2.14. The zero-order valence-corrected chi connectivity index (χ0v) is 18.4. The maximum Gasteiger partial charge on any atom is 0.242 e. The smallest absolute Gasteiger partial charge is 0.242 e. The summed E-state index contributed by atoms with van der Waals surface area (Å²) < 4.78 is 28.2. The SMILES string of the molecule is Cc1ccc(S(=O)(=O)N[C@@H](CCC(=O)Nc2ccccc2)C(=O)Nc2ccccc2)cc1. The van der Waals surface area contributed by atoms with Gasteiger partial charge in [-0.2, -0.15) is 4.72 Å². The maximum absolute atomic E-state index is 12.9. The summed E-state index contributed by atoms with van der Waals surface area (Å²) >= 11 is 0. The third-order valence-electron chi connectivity index (χ3n) is 4.70. The molecule has 0 aliphatic heterocycles. The van der Waals surface area contributed by atoms with Crippen LogP contribution in [0.2, 0.25) is 0 Å². The predicted octanol–water partition coefficient (Wildman–Crippen LogP) is 3.70. The Morgan fingerprint density at radius 2 is 1.31 bits per heavy atom. The van der Waals surface area contributed by atoms with Gasteiger partial charge >= 0.3 is 0 Å². The van der Waals surface area contributed by atoms with E-state index in [1.165, 1.54) is 12.1 Å². The van der Waals surface area contributed by atoms with Gasteiger partial charge in [0.05, 0.1) is 4.90 Å².